The Kier molecular flexibility index (Phi) is 7.80. The third kappa shape index (κ3) is 6.07. The Morgan fingerprint density at radius 3 is 2.26 bits per heavy atom. The Hall–Kier alpha value is -3.68. The molecule has 35 heavy (non-hydrogen) atoms. The molecular formula is C27H23ClN2O4S. The molecule has 0 aliphatic rings. The zero-order valence-electron chi connectivity index (χ0n) is 19.1. The van der Waals surface area contributed by atoms with Gasteiger partial charge in [-0.25, -0.2) is 0 Å². The second-order valence-corrected chi connectivity index (χ2v) is 9.02. The highest BCUT2D eigenvalue weighted by molar-refractivity contribution is 8.00. The smallest absolute Gasteiger partial charge is 0.255 e. The maximum absolute atomic E-state index is 12.7. The normalized spacial score (nSPS) is 10.6. The van der Waals surface area contributed by atoms with Gasteiger partial charge in [0, 0.05) is 22.2 Å². The number of thioether (sulfide) groups is 1. The molecule has 8 heteroatoms. The monoisotopic (exact) mass is 506 g/mol. The van der Waals surface area contributed by atoms with Crippen molar-refractivity contribution >= 4 is 57.3 Å². The number of halogens is 1. The molecule has 6 nitrogen and oxygen atoms in total. The van der Waals surface area contributed by atoms with E-state index in [1.807, 2.05) is 66.7 Å². The van der Waals surface area contributed by atoms with Crippen LogP contribution in [0.4, 0.5) is 11.4 Å². The van der Waals surface area contributed by atoms with Crippen LogP contribution in [0.2, 0.25) is 5.02 Å². The van der Waals surface area contributed by atoms with Crippen LogP contribution in [-0.4, -0.2) is 31.8 Å². The van der Waals surface area contributed by atoms with Crippen molar-refractivity contribution in [3.63, 3.8) is 0 Å². The van der Waals surface area contributed by atoms with E-state index in [1.54, 1.807) is 12.1 Å². The summed E-state index contributed by atoms with van der Waals surface area (Å²) in [4.78, 5) is 26.0. The molecule has 0 bridgehead atoms. The number of hydrogen-bond donors (Lipinski definition) is 2. The van der Waals surface area contributed by atoms with E-state index in [1.165, 1.54) is 26.0 Å². The van der Waals surface area contributed by atoms with Crippen LogP contribution >= 0.6 is 23.4 Å². The number of benzene rings is 4. The lowest BCUT2D eigenvalue weighted by atomic mass is 10.1. The maximum atomic E-state index is 12.7. The summed E-state index contributed by atoms with van der Waals surface area (Å²) in [5.41, 5.74) is 1.73. The molecule has 0 saturated carbocycles. The lowest BCUT2D eigenvalue weighted by molar-refractivity contribution is -0.113. The SMILES string of the molecule is COc1cc(OC)c(NC(=O)CSc2ccc(NC(=O)c3ccc4ccccc4c3)cc2)cc1Cl. The summed E-state index contributed by atoms with van der Waals surface area (Å²) in [5, 5.41) is 8.19. The third-order valence-corrected chi connectivity index (χ3v) is 6.55. The molecule has 0 saturated heterocycles. The molecule has 0 aromatic heterocycles. The summed E-state index contributed by atoms with van der Waals surface area (Å²) in [7, 11) is 3.02. The van der Waals surface area contributed by atoms with Crippen molar-refractivity contribution in [2.24, 2.45) is 0 Å². The lowest BCUT2D eigenvalue weighted by Crippen LogP contribution is -2.15. The number of carbonyl (C=O) groups excluding carboxylic acids is 2. The second kappa shape index (κ2) is 11.2. The maximum Gasteiger partial charge on any atom is 0.255 e. The number of fused-ring (bicyclic) bond motifs is 1. The minimum absolute atomic E-state index is 0.178. The van der Waals surface area contributed by atoms with Crippen molar-refractivity contribution in [2.45, 2.75) is 4.90 Å². The summed E-state index contributed by atoms with van der Waals surface area (Å²) < 4.78 is 10.5. The van der Waals surface area contributed by atoms with E-state index in [0.29, 0.717) is 33.5 Å². The van der Waals surface area contributed by atoms with Gasteiger partial charge in [0.15, 0.2) is 0 Å². The first-order valence-corrected chi connectivity index (χ1v) is 12.1. The number of methoxy groups -OCH3 is 2. The topological polar surface area (TPSA) is 76.7 Å². The fourth-order valence-corrected chi connectivity index (χ4v) is 4.40. The Bertz CT molecular complexity index is 1380. The van der Waals surface area contributed by atoms with E-state index < -0.39 is 0 Å². The Labute approximate surface area is 212 Å². The highest BCUT2D eigenvalue weighted by atomic mass is 35.5. The standard InChI is InChI=1S/C27H23ClN2O4S/c1-33-24-15-25(34-2)23(14-22(24)28)30-26(31)16-35-21-11-9-20(10-12-21)29-27(32)19-8-7-17-5-3-4-6-18(17)13-19/h3-15H,16H2,1-2H3,(H,29,32)(H,30,31). The van der Waals surface area contributed by atoms with Gasteiger partial charge in [-0.15, -0.1) is 11.8 Å². The van der Waals surface area contributed by atoms with Crippen LogP contribution in [0.15, 0.2) is 83.8 Å². The van der Waals surface area contributed by atoms with E-state index in [4.69, 9.17) is 21.1 Å². The van der Waals surface area contributed by atoms with Crippen LogP contribution in [0, 0.1) is 0 Å². The highest BCUT2D eigenvalue weighted by Gasteiger charge is 2.13. The minimum atomic E-state index is -0.205. The molecule has 0 aliphatic heterocycles. The van der Waals surface area contributed by atoms with Gasteiger partial charge in [0.25, 0.3) is 5.91 Å². The van der Waals surface area contributed by atoms with Crippen LogP contribution in [0.5, 0.6) is 11.5 Å². The van der Waals surface area contributed by atoms with Gasteiger partial charge in [-0.05, 0) is 53.2 Å². The number of rotatable bonds is 8. The fraction of sp³-hybridized carbons (Fsp3) is 0.111. The number of carbonyl (C=O) groups is 2. The van der Waals surface area contributed by atoms with Crippen LogP contribution in [0.1, 0.15) is 10.4 Å². The summed E-state index contributed by atoms with van der Waals surface area (Å²) in [6.45, 7) is 0. The lowest BCUT2D eigenvalue weighted by Gasteiger charge is -2.13. The largest absolute Gasteiger partial charge is 0.495 e. The number of amides is 2. The molecule has 4 aromatic rings. The highest BCUT2D eigenvalue weighted by Crippen LogP contribution is 2.36. The quantitative estimate of drug-likeness (QED) is 0.267. The molecule has 0 aliphatic carbocycles. The number of nitrogens with one attached hydrogen (secondary N) is 2. The molecule has 0 fully saturated rings. The predicted molar refractivity (Wildman–Crippen MR) is 142 cm³/mol. The van der Waals surface area contributed by atoms with Gasteiger partial charge in [-0.2, -0.15) is 0 Å². The molecule has 0 atom stereocenters. The van der Waals surface area contributed by atoms with Gasteiger partial charge in [0.05, 0.1) is 30.7 Å². The van der Waals surface area contributed by atoms with Gasteiger partial charge in [-0.3, -0.25) is 9.59 Å². The van der Waals surface area contributed by atoms with Crippen molar-refractivity contribution < 1.29 is 19.1 Å². The Balaban J connectivity index is 1.33. The molecule has 4 aromatic carbocycles. The zero-order valence-corrected chi connectivity index (χ0v) is 20.7. The van der Waals surface area contributed by atoms with Gasteiger partial charge >= 0.3 is 0 Å². The first kappa shape index (κ1) is 24.4. The number of ether oxygens (including phenoxy) is 2. The van der Waals surface area contributed by atoms with E-state index in [9.17, 15) is 9.59 Å². The summed E-state index contributed by atoms with van der Waals surface area (Å²) in [6.07, 6.45) is 0. The van der Waals surface area contributed by atoms with E-state index in [2.05, 4.69) is 10.6 Å². The van der Waals surface area contributed by atoms with E-state index in [0.717, 1.165) is 15.7 Å². The Morgan fingerprint density at radius 1 is 0.829 bits per heavy atom. The van der Waals surface area contributed by atoms with Crippen LogP contribution in [0.25, 0.3) is 10.8 Å². The number of anilines is 2. The predicted octanol–water partition coefficient (Wildman–Crippen LogP) is 6.49. The number of hydrogen-bond acceptors (Lipinski definition) is 5. The van der Waals surface area contributed by atoms with Crippen LogP contribution < -0.4 is 20.1 Å². The van der Waals surface area contributed by atoms with E-state index >= 15 is 0 Å². The Morgan fingerprint density at radius 2 is 1.54 bits per heavy atom. The van der Waals surface area contributed by atoms with Crippen LogP contribution in [0.3, 0.4) is 0 Å². The average molecular weight is 507 g/mol. The first-order valence-electron chi connectivity index (χ1n) is 10.7. The molecule has 0 radical (unpaired) electrons. The molecule has 2 N–H and O–H groups in total. The van der Waals surface area contributed by atoms with Crippen LogP contribution in [-0.2, 0) is 4.79 Å². The van der Waals surface area contributed by atoms with Crippen molar-refractivity contribution in [1.82, 2.24) is 0 Å². The molecule has 2 amide bonds. The van der Waals surface area contributed by atoms with Gasteiger partial charge in [0.2, 0.25) is 5.91 Å². The molecular weight excluding hydrogens is 484 g/mol. The summed E-state index contributed by atoms with van der Waals surface area (Å²) in [6, 6.07) is 24.1. The third-order valence-electron chi connectivity index (χ3n) is 5.24. The average Bonchev–Trinajstić information content (AvgIpc) is 2.88. The van der Waals surface area contributed by atoms with Crippen molar-refractivity contribution in [3.8, 4) is 11.5 Å². The van der Waals surface area contributed by atoms with E-state index in [-0.39, 0.29) is 17.6 Å². The van der Waals surface area contributed by atoms with Gasteiger partial charge in [0.1, 0.15) is 11.5 Å². The summed E-state index contributed by atoms with van der Waals surface area (Å²) >= 11 is 7.54. The van der Waals surface area contributed by atoms with Gasteiger partial charge < -0.3 is 20.1 Å². The van der Waals surface area contributed by atoms with Gasteiger partial charge in [-0.1, -0.05) is 41.9 Å². The molecule has 178 valence electrons. The van der Waals surface area contributed by atoms with Crippen molar-refractivity contribution in [3.05, 3.63) is 89.4 Å². The molecule has 0 unspecified atom stereocenters. The molecule has 0 spiro atoms. The van der Waals surface area contributed by atoms with Crippen molar-refractivity contribution in [1.29, 1.82) is 0 Å². The fourth-order valence-electron chi connectivity index (χ4n) is 3.46. The molecule has 4 rings (SSSR count). The van der Waals surface area contributed by atoms with Crippen molar-refractivity contribution in [2.75, 3.05) is 30.6 Å². The molecule has 0 heterocycles. The summed E-state index contributed by atoms with van der Waals surface area (Å²) in [5.74, 6) is 0.723. The first-order chi connectivity index (χ1) is 17.0. The minimum Gasteiger partial charge on any atom is -0.495 e. The zero-order chi connectivity index (χ0) is 24.8. The second-order valence-electron chi connectivity index (χ2n) is 7.56.